The first kappa shape index (κ1) is 13.7. The standard InChI is InChI=1S/C14H19NO4/c16-11-6-2-1-4-9(11)8-15-14(19)10-5-3-7-12(17)13(10)18/h3,5,7,9,11,16-18H,1-2,4,6,8H2,(H,15,19). The molecule has 2 atom stereocenters. The Morgan fingerprint density at radius 3 is 2.74 bits per heavy atom. The number of amides is 1. The maximum atomic E-state index is 11.9. The fourth-order valence-electron chi connectivity index (χ4n) is 2.46. The monoisotopic (exact) mass is 265 g/mol. The first-order chi connectivity index (χ1) is 9.09. The predicted octanol–water partition coefficient (Wildman–Crippen LogP) is 1.38. The Balaban J connectivity index is 1.95. The topological polar surface area (TPSA) is 89.8 Å². The highest BCUT2D eigenvalue weighted by atomic mass is 16.3. The summed E-state index contributed by atoms with van der Waals surface area (Å²) in [7, 11) is 0. The van der Waals surface area contributed by atoms with Crippen LogP contribution >= 0.6 is 0 Å². The molecule has 19 heavy (non-hydrogen) atoms. The molecule has 5 heteroatoms. The van der Waals surface area contributed by atoms with E-state index in [0.717, 1.165) is 25.7 Å². The van der Waals surface area contributed by atoms with E-state index in [1.807, 2.05) is 0 Å². The van der Waals surface area contributed by atoms with Gasteiger partial charge in [-0.3, -0.25) is 4.79 Å². The third kappa shape index (κ3) is 3.17. The molecule has 0 heterocycles. The molecule has 0 spiro atoms. The molecule has 5 nitrogen and oxygen atoms in total. The van der Waals surface area contributed by atoms with Crippen LogP contribution < -0.4 is 5.32 Å². The third-order valence-electron chi connectivity index (χ3n) is 3.65. The summed E-state index contributed by atoms with van der Waals surface area (Å²) in [4.78, 5) is 11.9. The van der Waals surface area contributed by atoms with Crippen molar-refractivity contribution in [2.75, 3.05) is 6.54 Å². The number of carbonyl (C=O) groups is 1. The van der Waals surface area contributed by atoms with Gasteiger partial charge in [0.05, 0.1) is 11.7 Å². The third-order valence-corrected chi connectivity index (χ3v) is 3.65. The second-order valence-electron chi connectivity index (χ2n) is 5.00. The summed E-state index contributed by atoms with van der Waals surface area (Å²) in [5.74, 6) is -1.10. The molecule has 2 unspecified atom stereocenters. The summed E-state index contributed by atoms with van der Waals surface area (Å²) in [6.45, 7) is 0.384. The van der Waals surface area contributed by atoms with Crippen LogP contribution in [0.4, 0.5) is 0 Å². The second kappa shape index (κ2) is 5.93. The summed E-state index contributed by atoms with van der Waals surface area (Å²) < 4.78 is 0. The quantitative estimate of drug-likeness (QED) is 0.621. The summed E-state index contributed by atoms with van der Waals surface area (Å²) in [5.41, 5.74) is 0.0466. The van der Waals surface area contributed by atoms with Gasteiger partial charge in [0, 0.05) is 12.5 Å². The van der Waals surface area contributed by atoms with Gasteiger partial charge in [-0.25, -0.2) is 0 Å². The number of hydrogen-bond acceptors (Lipinski definition) is 4. The average Bonchev–Trinajstić information content (AvgIpc) is 2.40. The molecule has 0 saturated heterocycles. The van der Waals surface area contributed by atoms with Crippen molar-refractivity contribution in [2.24, 2.45) is 5.92 Å². The fraction of sp³-hybridized carbons (Fsp3) is 0.500. The number of rotatable bonds is 3. The lowest BCUT2D eigenvalue weighted by Crippen LogP contribution is -2.36. The lowest BCUT2D eigenvalue weighted by Gasteiger charge is -2.27. The highest BCUT2D eigenvalue weighted by molar-refractivity contribution is 5.97. The number of carbonyl (C=O) groups excluding carboxylic acids is 1. The number of aliphatic hydroxyl groups is 1. The van der Waals surface area contributed by atoms with Crippen molar-refractivity contribution in [3.63, 3.8) is 0 Å². The number of nitrogens with one attached hydrogen (secondary N) is 1. The van der Waals surface area contributed by atoms with E-state index in [1.54, 1.807) is 0 Å². The molecule has 1 saturated carbocycles. The average molecular weight is 265 g/mol. The largest absolute Gasteiger partial charge is 0.504 e. The molecule has 0 aromatic heterocycles. The predicted molar refractivity (Wildman–Crippen MR) is 70.1 cm³/mol. The normalized spacial score (nSPS) is 23.0. The summed E-state index contributed by atoms with van der Waals surface area (Å²) >= 11 is 0. The van der Waals surface area contributed by atoms with Crippen LogP contribution in [0, 0.1) is 5.92 Å². The zero-order valence-corrected chi connectivity index (χ0v) is 10.7. The Labute approximate surface area is 111 Å². The molecule has 104 valence electrons. The molecular weight excluding hydrogens is 246 g/mol. The Morgan fingerprint density at radius 1 is 1.26 bits per heavy atom. The number of benzene rings is 1. The molecule has 0 bridgehead atoms. The maximum absolute atomic E-state index is 11.9. The van der Waals surface area contributed by atoms with E-state index in [9.17, 15) is 20.1 Å². The van der Waals surface area contributed by atoms with Gasteiger partial charge < -0.3 is 20.6 Å². The summed E-state index contributed by atoms with van der Waals surface area (Å²) in [6.07, 6.45) is 3.39. The van der Waals surface area contributed by atoms with Crippen molar-refractivity contribution in [2.45, 2.75) is 31.8 Å². The molecule has 1 aromatic rings. The van der Waals surface area contributed by atoms with Crippen molar-refractivity contribution in [1.29, 1.82) is 0 Å². The van der Waals surface area contributed by atoms with Crippen molar-refractivity contribution < 1.29 is 20.1 Å². The van der Waals surface area contributed by atoms with Crippen molar-refractivity contribution in [1.82, 2.24) is 5.32 Å². The molecule has 0 radical (unpaired) electrons. The Kier molecular flexibility index (Phi) is 4.27. The Morgan fingerprint density at radius 2 is 2.00 bits per heavy atom. The molecule has 2 rings (SSSR count). The first-order valence-electron chi connectivity index (χ1n) is 6.57. The van der Waals surface area contributed by atoms with Gasteiger partial charge in [-0.15, -0.1) is 0 Å². The van der Waals surface area contributed by atoms with Crippen LogP contribution in [0.3, 0.4) is 0 Å². The van der Waals surface area contributed by atoms with Gasteiger partial charge in [0.25, 0.3) is 5.91 Å². The minimum absolute atomic E-state index is 0.0466. The molecule has 0 aliphatic heterocycles. The van der Waals surface area contributed by atoms with Gasteiger partial charge in [-0.05, 0) is 25.0 Å². The van der Waals surface area contributed by atoms with Gasteiger partial charge in [0.15, 0.2) is 11.5 Å². The SMILES string of the molecule is O=C(NCC1CCCCC1O)c1cccc(O)c1O. The van der Waals surface area contributed by atoms with Gasteiger partial charge in [0.1, 0.15) is 0 Å². The number of hydrogen-bond donors (Lipinski definition) is 4. The van der Waals surface area contributed by atoms with Gasteiger partial charge >= 0.3 is 0 Å². The summed E-state index contributed by atoms with van der Waals surface area (Å²) in [5, 5.41) is 31.4. The molecule has 1 fully saturated rings. The zero-order chi connectivity index (χ0) is 13.8. The highest BCUT2D eigenvalue weighted by Crippen LogP contribution is 2.28. The molecule has 1 aromatic carbocycles. The minimum atomic E-state index is -0.439. The van der Waals surface area contributed by atoms with E-state index in [1.165, 1.54) is 18.2 Å². The number of aromatic hydroxyl groups is 2. The van der Waals surface area contributed by atoms with Crippen LogP contribution in [0.5, 0.6) is 11.5 Å². The van der Waals surface area contributed by atoms with Crippen LogP contribution in [0.1, 0.15) is 36.0 Å². The first-order valence-corrected chi connectivity index (χ1v) is 6.57. The van der Waals surface area contributed by atoms with Crippen molar-refractivity contribution >= 4 is 5.91 Å². The summed E-state index contributed by atoms with van der Waals surface area (Å²) in [6, 6.07) is 4.26. The molecule has 1 aliphatic carbocycles. The highest BCUT2D eigenvalue weighted by Gasteiger charge is 2.24. The second-order valence-corrected chi connectivity index (χ2v) is 5.00. The van der Waals surface area contributed by atoms with E-state index in [0.29, 0.717) is 6.54 Å². The number of aliphatic hydroxyl groups excluding tert-OH is 1. The van der Waals surface area contributed by atoms with E-state index in [4.69, 9.17) is 0 Å². The van der Waals surface area contributed by atoms with Crippen LogP contribution in [-0.2, 0) is 0 Å². The van der Waals surface area contributed by atoms with Crippen molar-refractivity contribution in [3.8, 4) is 11.5 Å². The van der Waals surface area contributed by atoms with E-state index in [-0.39, 0.29) is 23.3 Å². The number of para-hydroxylation sites is 1. The van der Waals surface area contributed by atoms with Gasteiger partial charge in [0.2, 0.25) is 0 Å². The Bertz CT molecular complexity index is 461. The molecule has 1 aliphatic rings. The molecular formula is C14H19NO4. The molecule has 1 amide bonds. The van der Waals surface area contributed by atoms with E-state index < -0.39 is 11.7 Å². The van der Waals surface area contributed by atoms with Crippen LogP contribution in [0.25, 0.3) is 0 Å². The van der Waals surface area contributed by atoms with Gasteiger partial charge in [-0.1, -0.05) is 18.9 Å². The van der Waals surface area contributed by atoms with Crippen molar-refractivity contribution in [3.05, 3.63) is 23.8 Å². The van der Waals surface area contributed by atoms with Gasteiger partial charge in [-0.2, -0.15) is 0 Å². The zero-order valence-electron chi connectivity index (χ0n) is 10.7. The van der Waals surface area contributed by atoms with E-state index >= 15 is 0 Å². The van der Waals surface area contributed by atoms with Crippen LogP contribution in [0.15, 0.2) is 18.2 Å². The van der Waals surface area contributed by atoms with E-state index in [2.05, 4.69) is 5.32 Å². The fourth-order valence-corrected chi connectivity index (χ4v) is 2.46. The Hall–Kier alpha value is -1.75. The molecule has 4 N–H and O–H groups in total. The van der Waals surface area contributed by atoms with Crippen LogP contribution in [-0.4, -0.2) is 33.9 Å². The number of phenols is 2. The lowest BCUT2D eigenvalue weighted by atomic mass is 9.86. The lowest BCUT2D eigenvalue weighted by molar-refractivity contribution is 0.0662. The smallest absolute Gasteiger partial charge is 0.255 e. The number of phenolic OH excluding ortho intramolecular Hbond substituents is 2. The van der Waals surface area contributed by atoms with Crippen LogP contribution in [0.2, 0.25) is 0 Å². The maximum Gasteiger partial charge on any atom is 0.255 e. The minimum Gasteiger partial charge on any atom is -0.504 e.